The van der Waals surface area contributed by atoms with E-state index in [-0.39, 0.29) is 0 Å². The van der Waals surface area contributed by atoms with Crippen molar-refractivity contribution >= 4 is 0 Å². The maximum Gasteiger partial charge on any atom is 0.109 e. The minimum absolute atomic E-state index is 0.489. The fourth-order valence-electron chi connectivity index (χ4n) is 1.35. The molecule has 0 aliphatic rings. The Morgan fingerprint density at radius 3 is 2.15 bits per heavy atom. The quantitative estimate of drug-likeness (QED) is 0.597. The molecule has 0 aromatic heterocycles. The molecule has 0 bridgehead atoms. The lowest BCUT2D eigenvalue weighted by Crippen LogP contribution is -2.42. The van der Waals surface area contributed by atoms with E-state index in [0.29, 0.717) is 0 Å². The molecule has 3 nitrogen and oxygen atoms in total. The van der Waals surface area contributed by atoms with Crippen molar-refractivity contribution in [3.05, 3.63) is 0 Å². The first-order chi connectivity index (χ1) is 6.13. The third kappa shape index (κ3) is 5.24. The standard InChI is InChI=1S/C10H23NO2/c1-4-6-8-11(9(3)12)10(13)7-5-2/h9-10,12-13H,4-8H2,1-3H3. The number of aliphatic hydroxyl groups is 2. The molecular formula is C10H23NO2. The van der Waals surface area contributed by atoms with Gasteiger partial charge < -0.3 is 10.2 Å². The van der Waals surface area contributed by atoms with E-state index >= 15 is 0 Å². The summed E-state index contributed by atoms with van der Waals surface area (Å²) in [7, 11) is 0. The Hall–Kier alpha value is -0.120. The fraction of sp³-hybridized carbons (Fsp3) is 1.00. The van der Waals surface area contributed by atoms with E-state index in [1.807, 2.05) is 6.92 Å². The molecular weight excluding hydrogens is 166 g/mol. The molecule has 13 heavy (non-hydrogen) atoms. The third-order valence-electron chi connectivity index (χ3n) is 2.18. The van der Waals surface area contributed by atoms with Crippen LogP contribution in [0.3, 0.4) is 0 Å². The van der Waals surface area contributed by atoms with Gasteiger partial charge in [0, 0.05) is 6.54 Å². The number of hydrogen-bond acceptors (Lipinski definition) is 3. The summed E-state index contributed by atoms with van der Waals surface area (Å²) in [6, 6.07) is 0. The van der Waals surface area contributed by atoms with Gasteiger partial charge in [-0.2, -0.15) is 0 Å². The summed E-state index contributed by atoms with van der Waals surface area (Å²) in [6.07, 6.45) is 2.74. The Morgan fingerprint density at radius 2 is 1.77 bits per heavy atom. The molecule has 0 rings (SSSR count). The van der Waals surface area contributed by atoms with Gasteiger partial charge in [-0.1, -0.05) is 26.7 Å². The average Bonchev–Trinajstić information content (AvgIpc) is 2.05. The first kappa shape index (κ1) is 12.9. The molecule has 0 aromatic carbocycles. The Morgan fingerprint density at radius 1 is 1.15 bits per heavy atom. The Labute approximate surface area is 81.4 Å². The molecule has 0 amide bonds. The van der Waals surface area contributed by atoms with Gasteiger partial charge in [0.25, 0.3) is 0 Å². The van der Waals surface area contributed by atoms with E-state index in [9.17, 15) is 10.2 Å². The molecule has 2 atom stereocenters. The van der Waals surface area contributed by atoms with Crippen LogP contribution in [0.1, 0.15) is 46.5 Å². The second kappa shape index (κ2) is 7.30. The summed E-state index contributed by atoms with van der Waals surface area (Å²) in [5, 5.41) is 19.1. The normalized spacial score (nSPS) is 16.2. The first-order valence-electron chi connectivity index (χ1n) is 5.25. The molecule has 3 heteroatoms. The summed E-state index contributed by atoms with van der Waals surface area (Å²) in [4.78, 5) is 1.74. The molecule has 0 spiro atoms. The van der Waals surface area contributed by atoms with Gasteiger partial charge in [0.05, 0.1) is 0 Å². The largest absolute Gasteiger partial charge is 0.379 e. The van der Waals surface area contributed by atoms with E-state index in [4.69, 9.17) is 0 Å². The molecule has 0 aliphatic carbocycles. The van der Waals surface area contributed by atoms with E-state index in [1.165, 1.54) is 0 Å². The summed E-state index contributed by atoms with van der Waals surface area (Å²) in [5.74, 6) is 0. The van der Waals surface area contributed by atoms with Crippen molar-refractivity contribution in [1.29, 1.82) is 0 Å². The number of hydrogen-bond donors (Lipinski definition) is 2. The summed E-state index contributed by atoms with van der Waals surface area (Å²) in [6.45, 7) is 6.61. The predicted octanol–water partition coefficient (Wildman–Crippen LogP) is 1.55. The molecule has 2 N–H and O–H groups in total. The number of unbranched alkanes of at least 4 members (excludes halogenated alkanes) is 1. The molecule has 0 heterocycles. The van der Waals surface area contributed by atoms with Crippen molar-refractivity contribution in [3.8, 4) is 0 Å². The van der Waals surface area contributed by atoms with E-state index in [2.05, 4.69) is 6.92 Å². The van der Waals surface area contributed by atoms with Gasteiger partial charge in [-0.25, -0.2) is 0 Å². The van der Waals surface area contributed by atoms with Crippen molar-refractivity contribution in [3.63, 3.8) is 0 Å². The molecule has 0 saturated carbocycles. The van der Waals surface area contributed by atoms with Crippen molar-refractivity contribution in [1.82, 2.24) is 4.90 Å². The van der Waals surface area contributed by atoms with Gasteiger partial charge in [0.1, 0.15) is 12.5 Å². The van der Waals surface area contributed by atoms with Crippen molar-refractivity contribution < 1.29 is 10.2 Å². The lowest BCUT2D eigenvalue weighted by Gasteiger charge is -2.30. The lowest BCUT2D eigenvalue weighted by atomic mass is 10.2. The second-order valence-electron chi connectivity index (χ2n) is 3.49. The first-order valence-corrected chi connectivity index (χ1v) is 5.25. The molecule has 0 aromatic rings. The molecule has 0 saturated heterocycles. The van der Waals surface area contributed by atoms with Gasteiger partial charge in [-0.15, -0.1) is 0 Å². The summed E-state index contributed by atoms with van der Waals surface area (Å²) in [5.41, 5.74) is 0. The SMILES string of the molecule is CCCCN(C(C)O)C(O)CCC. The van der Waals surface area contributed by atoms with Crippen LogP contribution in [0.4, 0.5) is 0 Å². The highest BCUT2D eigenvalue weighted by Gasteiger charge is 2.17. The van der Waals surface area contributed by atoms with Crippen molar-refractivity contribution in [2.24, 2.45) is 0 Å². The van der Waals surface area contributed by atoms with Gasteiger partial charge in [-0.3, -0.25) is 4.90 Å². The van der Waals surface area contributed by atoms with Gasteiger partial charge in [-0.05, 0) is 19.8 Å². The second-order valence-corrected chi connectivity index (χ2v) is 3.49. The van der Waals surface area contributed by atoms with Crippen LogP contribution in [-0.4, -0.2) is 34.1 Å². The number of nitrogens with zero attached hydrogens (tertiary/aromatic N) is 1. The van der Waals surface area contributed by atoms with Gasteiger partial charge in [0.2, 0.25) is 0 Å². The minimum atomic E-state index is -0.548. The van der Waals surface area contributed by atoms with E-state index < -0.39 is 12.5 Å². The Balaban J connectivity index is 3.91. The van der Waals surface area contributed by atoms with E-state index in [1.54, 1.807) is 11.8 Å². The number of rotatable bonds is 7. The summed E-state index contributed by atoms with van der Waals surface area (Å²) < 4.78 is 0. The highest BCUT2D eigenvalue weighted by molar-refractivity contribution is 4.62. The maximum absolute atomic E-state index is 9.67. The zero-order valence-electron chi connectivity index (χ0n) is 9.03. The monoisotopic (exact) mass is 189 g/mol. The zero-order chi connectivity index (χ0) is 10.3. The smallest absolute Gasteiger partial charge is 0.109 e. The lowest BCUT2D eigenvalue weighted by molar-refractivity contribution is -0.0964. The predicted molar refractivity (Wildman–Crippen MR) is 54.2 cm³/mol. The van der Waals surface area contributed by atoms with Gasteiger partial charge in [0.15, 0.2) is 0 Å². The van der Waals surface area contributed by atoms with Gasteiger partial charge >= 0.3 is 0 Å². The van der Waals surface area contributed by atoms with Crippen LogP contribution in [0.15, 0.2) is 0 Å². The molecule has 80 valence electrons. The van der Waals surface area contributed by atoms with Crippen LogP contribution >= 0.6 is 0 Å². The van der Waals surface area contributed by atoms with Crippen LogP contribution in [-0.2, 0) is 0 Å². The maximum atomic E-state index is 9.67. The average molecular weight is 189 g/mol. The fourth-order valence-corrected chi connectivity index (χ4v) is 1.35. The van der Waals surface area contributed by atoms with E-state index in [0.717, 1.165) is 32.2 Å². The third-order valence-corrected chi connectivity index (χ3v) is 2.18. The van der Waals surface area contributed by atoms with Crippen LogP contribution in [0, 0.1) is 0 Å². The van der Waals surface area contributed by atoms with Crippen LogP contribution in [0.5, 0.6) is 0 Å². The minimum Gasteiger partial charge on any atom is -0.379 e. The summed E-state index contributed by atoms with van der Waals surface area (Å²) >= 11 is 0. The van der Waals surface area contributed by atoms with Crippen LogP contribution < -0.4 is 0 Å². The molecule has 2 unspecified atom stereocenters. The van der Waals surface area contributed by atoms with Crippen molar-refractivity contribution in [2.75, 3.05) is 6.54 Å². The van der Waals surface area contributed by atoms with Crippen molar-refractivity contribution in [2.45, 2.75) is 58.9 Å². The molecule has 0 aliphatic heterocycles. The molecule has 0 fully saturated rings. The van der Waals surface area contributed by atoms with Crippen LogP contribution in [0.2, 0.25) is 0 Å². The Bertz CT molecular complexity index is 117. The zero-order valence-corrected chi connectivity index (χ0v) is 9.03. The highest BCUT2D eigenvalue weighted by Crippen LogP contribution is 2.08. The van der Waals surface area contributed by atoms with Crippen LogP contribution in [0.25, 0.3) is 0 Å². The number of aliphatic hydroxyl groups excluding tert-OH is 2. The Kier molecular flexibility index (Phi) is 7.23. The highest BCUT2D eigenvalue weighted by atomic mass is 16.3. The topological polar surface area (TPSA) is 43.7 Å². The molecule has 0 radical (unpaired) electrons.